The highest BCUT2D eigenvalue weighted by Gasteiger charge is 2.29. The Kier molecular flexibility index (Phi) is 4.86. The number of benzene rings is 2. The van der Waals surface area contributed by atoms with Crippen molar-refractivity contribution in [3.05, 3.63) is 65.6 Å². The molecule has 0 saturated carbocycles. The van der Waals surface area contributed by atoms with Gasteiger partial charge in [0.15, 0.2) is 12.2 Å². The maximum Gasteiger partial charge on any atom is 0.266 e. The second-order valence-corrected chi connectivity index (χ2v) is 7.04. The molecule has 0 fully saturated rings. The molecule has 0 radical (unpaired) electrons. The van der Waals surface area contributed by atoms with Crippen molar-refractivity contribution in [1.82, 2.24) is 4.57 Å². The first kappa shape index (κ1) is 17.6. The molecule has 2 aromatic carbocycles. The van der Waals surface area contributed by atoms with E-state index in [9.17, 15) is 4.79 Å². The summed E-state index contributed by atoms with van der Waals surface area (Å²) in [5.41, 5.74) is 2.96. The number of anilines is 1. The van der Waals surface area contributed by atoms with Gasteiger partial charge in [0.1, 0.15) is 11.9 Å². The second-order valence-electron chi connectivity index (χ2n) is 6.60. The molecule has 1 aliphatic rings. The normalized spacial score (nSPS) is 12.7. The minimum atomic E-state index is -0.0591. The summed E-state index contributed by atoms with van der Waals surface area (Å²) < 4.78 is 9.55. The Bertz CT molecular complexity index is 980. The predicted molar refractivity (Wildman–Crippen MR) is 105 cm³/mol. The molecule has 27 heavy (non-hydrogen) atoms. The van der Waals surface area contributed by atoms with Crippen LogP contribution in [-0.2, 0) is 24.3 Å². The van der Waals surface area contributed by atoms with Gasteiger partial charge in [-0.15, -0.1) is 0 Å². The summed E-state index contributed by atoms with van der Waals surface area (Å²) in [5, 5.41) is 3.67. The number of hydrogen-bond donors (Lipinski definition) is 1. The SMILES string of the molecule is COc1cccc(NC(=O)C[n+]2cc(-c3ccc(Cl)cc3)n3c2CCC3)c1. The van der Waals surface area contributed by atoms with Crippen LogP contribution in [-0.4, -0.2) is 17.6 Å². The number of amides is 1. The molecule has 1 aliphatic heterocycles. The summed E-state index contributed by atoms with van der Waals surface area (Å²) in [6.07, 6.45) is 4.12. The van der Waals surface area contributed by atoms with E-state index in [0.717, 1.165) is 47.1 Å². The lowest BCUT2D eigenvalue weighted by molar-refractivity contribution is -0.690. The van der Waals surface area contributed by atoms with Gasteiger partial charge in [-0.1, -0.05) is 17.7 Å². The summed E-state index contributed by atoms with van der Waals surface area (Å²) in [6.45, 7) is 1.25. The topological polar surface area (TPSA) is 47.1 Å². The van der Waals surface area contributed by atoms with Crippen LogP contribution in [0.2, 0.25) is 5.02 Å². The summed E-state index contributed by atoms with van der Waals surface area (Å²) in [4.78, 5) is 12.6. The smallest absolute Gasteiger partial charge is 0.266 e. The van der Waals surface area contributed by atoms with Gasteiger partial charge in [-0.25, -0.2) is 9.13 Å². The van der Waals surface area contributed by atoms with Crippen molar-refractivity contribution in [2.24, 2.45) is 0 Å². The van der Waals surface area contributed by atoms with Crippen LogP contribution in [0.4, 0.5) is 5.69 Å². The molecule has 0 saturated heterocycles. The van der Waals surface area contributed by atoms with Gasteiger partial charge in [0.05, 0.1) is 20.1 Å². The van der Waals surface area contributed by atoms with Gasteiger partial charge in [-0.3, -0.25) is 4.79 Å². The Morgan fingerprint density at radius 3 is 2.85 bits per heavy atom. The fourth-order valence-electron chi connectivity index (χ4n) is 3.55. The molecule has 1 N–H and O–H groups in total. The van der Waals surface area contributed by atoms with Crippen LogP contribution in [0.5, 0.6) is 5.75 Å². The second kappa shape index (κ2) is 7.45. The minimum Gasteiger partial charge on any atom is -0.497 e. The Labute approximate surface area is 163 Å². The van der Waals surface area contributed by atoms with Crippen molar-refractivity contribution in [1.29, 1.82) is 0 Å². The predicted octanol–water partition coefficient (Wildman–Crippen LogP) is 3.69. The zero-order valence-corrected chi connectivity index (χ0v) is 15.9. The Morgan fingerprint density at radius 1 is 1.26 bits per heavy atom. The van der Waals surface area contributed by atoms with Crippen LogP contribution < -0.4 is 14.6 Å². The van der Waals surface area contributed by atoms with Crippen molar-refractivity contribution in [3.63, 3.8) is 0 Å². The van der Waals surface area contributed by atoms with Crippen LogP contribution in [0.25, 0.3) is 11.3 Å². The lowest BCUT2D eigenvalue weighted by Crippen LogP contribution is -2.42. The Hall–Kier alpha value is -2.79. The molecule has 1 amide bonds. The number of aromatic nitrogens is 2. The molecule has 4 rings (SSSR count). The molecule has 0 bridgehead atoms. The van der Waals surface area contributed by atoms with E-state index in [0.29, 0.717) is 0 Å². The molecule has 0 atom stereocenters. The maximum absolute atomic E-state index is 12.6. The number of halogens is 1. The third-order valence-corrected chi connectivity index (χ3v) is 5.05. The van der Waals surface area contributed by atoms with Gasteiger partial charge in [-0.05, 0) is 42.8 Å². The standard InChI is InChI=1S/C21H20ClN3O2/c1-27-18-5-2-4-17(12-18)23-20(26)14-24-13-19(25-11-3-6-21(24)25)15-7-9-16(22)10-8-15/h2,4-5,7-10,12-13H,3,6,11,14H2,1H3/p+1. The number of fused-ring (bicyclic) bond motifs is 1. The fourth-order valence-corrected chi connectivity index (χ4v) is 3.68. The van der Waals surface area contributed by atoms with E-state index in [1.807, 2.05) is 53.1 Å². The number of carbonyl (C=O) groups excluding carboxylic acids is 1. The van der Waals surface area contributed by atoms with Crippen LogP contribution in [0, 0.1) is 0 Å². The number of imidazole rings is 1. The van der Waals surface area contributed by atoms with Gasteiger partial charge in [-0.2, -0.15) is 0 Å². The molecule has 3 aromatic rings. The molecule has 5 nitrogen and oxygen atoms in total. The van der Waals surface area contributed by atoms with E-state index >= 15 is 0 Å². The highest BCUT2D eigenvalue weighted by atomic mass is 35.5. The Morgan fingerprint density at radius 2 is 2.07 bits per heavy atom. The monoisotopic (exact) mass is 382 g/mol. The van der Waals surface area contributed by atoms with Crippen molar-refractivity contribution >= 4 is 23.2 Å². The van der Waals surface area contributed by atoms with Gasteiger partial charge in [0, 0.05) is 22.3 Å². The zero-order valence-electron chi connectivity index (χ0n) is 15.1. The van der Waals surface area contributed by atoms with E-state index in [1.54, 1.807) is 7.11 Å². The molecule has 0 unspecified atom stereocenters. The highest BCUT2D eigenvalue weighted by molar-refractivity contribution is 6.30. The molecule has 0 spiro atoms. The van der Waals surface area contributed by atoms with Gasteiger partial charge < -0.3 is 10.1 Å². The first-order valence-corrected chi connectivity index (χ1v) is 9.33. The first-order valence-electron chi connectivity index (χ1n) is 8.96. The number of carbonyl (C=O) groups is 1. The minimum absolute atomic E-state index is 0.0591. The molecule has 138 valence electrons. The van der Waals surface area contributed by atoms with E-state index in [4.69, 9.17) is 16.3 Å². The Balaban J connectivity index is 1.56. The van der Waals surface area contributed by atoms with Crippen LogP contribution in [0.1, 0.15) is 12.2 Å². The van der Waals surface area contributed by atoms with Crippen molar-refractivity contribution in [2.45, 2.75) is 25.9 Å². The van der Waals surface area contributed by atoms with Gasteiger partial charge >= 0.3 is 0 Å². The van der Waals surface area contributed by atoms with Crippen LogP contribution in [0.15, 0.2) is 54.7 Å². The molecular formula is C21H21ClN3O2+. The summed E-state index contributed by atoms with van der Waals surface area (Å²) in [5.74, 6) is 1.84. The summed E-state index contributed by atoms with van der Waals surface area (Å²) in [7, 11) is 1.61. The van der Waals surface area contributed by atoms with Gasteiger partial charge in [0.25, 0.3) is 11.7 Å². The third kappa shape index (κ3) is 3.69. The molecule has 6 heteroatoms. The highest BCUT2D eigenvalue weighted by Crippen LogP contribution is 2.26. The van der Waals surface area contributed by atoms with Crippen molar-refractivity contribution in [2.75, 3.05) is 12.4 Å². The van der Waals surface area contributed by atoms with Crippen molar-refractivity contribution < 1.29 is 14.1 Å². The van der Waals surface area contributed by atoms with Crippen molar-refractivity contribution in [3.8, 4) is 17.0 Å². The summed E-state index contributed by atoms with van der Waals surface area (Å²) >= 11 is 6.02. The van der Waals surface area contributed by atoms with E-state index in [-0.39, 0.29) is 12.5 Å². The van der Waals surface area contributed by atoms with E-state index in [1.165, 1.54) is 5.82 Å². The lowest BCUT2D eigenvalue weighted by Gasteiger charge is -2.06. The lowest BCUT2D eigenvalue weighted by atomic mass is 10.2. The number of ether oxygens (including phenoxy) is 1. The van der Waals surface area contributed by atoms with Crippen LogP contribution in [0.3, 0.4) is 0 Å². The quantitative estimate of drug-likeness (QED) is 0.684. The van der Waals surface area contributed by atoms with Crippen LogP contribution >= 0.6 is 11.6 Å². The average Bonchev–Trinajstić information content (AvgIpc) is 3.27. The van der Waals surface area contributed by atoms with E-state index in [2.05, 4.69) is 16.1 Å². The fraction of sp³-hybridized carbons (Fsp3) is 0.238. The maximum atomic E-state index is 12.6. The number of hydrogen-bond acceptors (Lipinski definition) is 2. The molecular weight excluding hydrogens is 362 g/mol. The third-order valence-electron chi connectivity index (χ3n) is 4.80. The average molecular weight is 383 g/mol. The summed E-state index contributed by atoms with van der Waals surface area (Å²) in [6, 6.07) is 15.2. The number of rotatable bonds is 5. The molecule has 0 aliphatic carbocycles. The molecule has 2 heterocycles. The van der Waals surface area contributed by atoms with E-state index < -0.39 is 0 Å². The van der Waals surface area contributed by atoms with Gasteiger partial charge in [0.2, 0.25) is 0 Å². The molecule has 1 aromatic heterocycles. The number of nitrogens with zero attached hydrogens (tertiary/aromatic N) is 2. The zero-order chi connectivity index (χ0) is 18.8. The largest absolute Gasteiger partial charge is 0.497 e. The number of methoxy groups -OCH3 is 1. The number of nitrogens with one attached hydrogen (secondary N) is 1. The first-order chi connectivity index (χ1) is 13.1.